The predicted octanol–water partition coefficient (Wildman–Crippen LogP) is 1.21. The molecule has 0 spiro atoms. The Balaban J connectivity index is 2.56. The largest absolute Gasteiger partial charge is 0.461 e. The van der Waals surface area contributed by atoms with Crippen LogP contribution in [-0.2, 0) is 9.53 Å². The summed E-state index contributed by atoms with van der Waals surface area (Å²) in [7, 11) is 0. The molecule has 12 heavy (non-hydrogen) atoms. The Hall–Kier alpha value is -0.570. The standard InChI is InChI=1S/C9H17NO2/c1-3-5-7-6-9(10,4-2)8(11)12-7/h7H,3-6,10H2,1-2H3/t7?,9-/m0/s1. The van der Waals surface area contributed by atoms with Gasteiger partial charge in [-0.1, -0.05) is 20.3 Å². The summed E-state index contributed by atoms with van der Waals surface area (Å²) in [4.78, 5) is 11.3. The summed E-state index contributed by atoms with van der Waals surface area (Å²) in [6.45, 7) is 4.01. The number of esters is 1. The molecule has 0 bridgehead atoms. The summed E-state index contributed by atoms with van der Waals surface area (Å²) in [5.74, 6) is -0.219. The first kappa shape index (κ1) is 9.52. The van der Waals surface area contributed by atoms with Crippen LogP contribution in [0, 0.1) is 0 Å². The van der Waals surface area contributed by atoms with Crippen LogP contribution in [0.3, 0.4) is 0 Å². The summed E-state index contributed by atoms with van der Waals surface area (Å²) in [5, 5.41) is 0. The Morgan fingerprint density at radius 1 is 1.67 bits per heavy atom. The molecular formula is C9H17NO2. The lowest BCUT2D eigenvalue weighted by molar-refractivity contribution is -0.145. The number of rotatable bonds is 3. The minimum atomic E-state index is -0.695. The lowest BCUT2D eigenvalue weighted by Crippen LogP contribution is -2.43. The lowest BCUT2D eigenvalue weighted by atomic mass is 9.92. The van der Waals surface area contributed by atoms with Gasteiger partial charge in [0.25, 0.3) is 0 Å². The molecule has 3 nitrogen and oxygen atoms in total. The molecule has 1 aliphatic heterocycles. The lowest BCUT2D eigenvalue weighted by Gasteiger charge is -2.15. The van der Waals surface area contributed by atoms with Crippen molar-refractivity contribution in [2.45, 2.75) is 51.2 Å². The highest BCUT2D eigenvalue weighted by Crippen LogP contribution is 2.28. The molecule has 70 valence electrons. The minimum Gasteiger partial charge on any atom is -0.461 e. The predicted molar refractivity (Wildman–Crippen MR) is 46.6 cm³/mol. The molecule has 2 N–H and O–H groups in total. The Bertz CT molecular complexity index is 181. The zero-order valence-corrected chi connectivity index (χ0v) is 7.80. The van der Waals surface area contributed by atoms with Crippen LogP contribution in [0.5, 0.6) is 0 Å². The van der Waals surface area contributed by atoms with Crippen LogP contribution in [0.4, 0.5) is 0 Å². The average molecular weight is 171 g/mol. The Kier molecular flexibility index (Phi) is 2.73. The maximum atomic E-state index is 11.3. The van der Waals surface area contributed by atoms with E-state index in [4.69, 9.17) is 10.5 Å². The van der Waals surface area contributed by atoms with Gasteiger partial charge >= 0.3 is 5.97 Å². The maximum Gasteiger partial charge on any atom is 0.326 e. The van der Waals surface area contributed by atoms with E-state index in [1.54, 1.807) is 0 Å². The Morgan fingerprint density at radius 2 is 2.33 bits per heavy atom. The van der Waals surface area contributed by atoms with E-state index in [1.807, 2.05) is 6.92 Å². The van der Waals surface area contributed by atoms with Crippen molar-refractivity contribution in [3.05, 3.63) is 0 Å². The van der Waals surface area contributed by atoms with Gasteiger partial charge in [-0.15, -0.1) is 0 Å². The highest BCUT2D eigenvalue weighted by Gasteiger charge is 2.43. The molecule has 1 rings (SSSR count). The molecule has 0 saturated carbocycles. The summed E-state index contributed by atoms with van der Waals surface area (Å²) in [6, 6.07) is 0. The fourth-order valence-electron chi connectivity index (χ4n) is 1.57. The van der Waals surface area contributed by atoms with Gasteiger partial charge in [0, 0.05) is 6.42 Å². The van der Waals surface area contributed by atoms with Gasteiger partial charge in [-0.3, -0.25) is 4.79 Å². The van der Waals surface area contributed by atoms with Crippen molar-refractivity contribution in [3.63, 3.8) is 0 Å². The second-order valence-corrected chi connectivity index (χ2v) is 3.53. The van der Waals surface area contributed by atoms with Crippen molar-refractivity contribution in [2.75, 3.05) is 0 Å². The van der Waals surface area contributed by atoms with E-state index in [-0.39, 0.29) is 12.1 Å². The van der Waals surface area contributed by atoms with E-state index >= 15 is 0 Å². The molecule has 0 aliphatic carbocycles. The summed E-state index contributed by atoms with van der Waals surface area (Å²) in [6.07, 6.45) is 3.40. The van der Waals surface area contributed by atoms with Crippen molar-refractivity contribution >= 4 is 5.97 Å². The van der Waals surface area contributed by atoms with Crippen LogP contribution >= 0.6 is 0 Å². The molecule has 0 radical (unpaired) electrons. The van der Waals surface area contributed by atoms with Crippen molar-refractivity contribution < 1.29 is 9.53 Å². The first-order valence-corrected chi connectivity index (χ1v) is 4.62. The second-order valence-electron chi connectivity index (χ2n) is 3.53. The van der Waals surface area contributed by atoms with Gasteiger partial charge in [0.2, 0.25) is 0 Å². The van der Waals surface area contributed by atoms with Gasteiger partial charge in [-0.25, -0.2) is 0 Å². The molecule has 3 heteroatoms. The van der Waals surface area contributed by atoms with Crippen LogP contribution in [0.15, 0.2) is 0 Å². The number of carbonyl (C=O) groups is 1. The van der Waals surface area contributed by atoms with Crippen molar-refractivity contribution in [2.24, 2.45) is 5.73 Å². The van der Waals surface area contributed by atoms with Crippen LogP contribution < -0.4 is 5.73 Å². The maximum absolute atomic E-state index is 11.3. The first-order chi connectivity index (χ1) is 5.62. The van der Waals surface area contributed by atoms with Gasteiger partial charge in [0.1, 0.15) is 11.6 Å². The number of nitrogens with two attached hydrogens (primary N) is 1. The topological polar surface area (TPSA) is 52.3 Å². The number of hydrogen-bond acceptors (Lipinski definition) is 3. The molecule has 0 amide bonds. The quantitative estimate of drug-likeness (QED) is 0.649. The Morgan fingerprint density at radius 3 is 2.75 bits per heavy atom. The average Bonchev–Trinajstić information content (AvgIpc) is 2.30. The monoisotopic (exact) mass is 171 g/mol. The number of cyclic esters (lactones) is 1. The van der Waals surface area contributed by atoms with Gasteiger partial charge in [-0.2, -0.15) is 0 Å². The highest BCUT2D eigenvalue weighted by molar-refractivity contribution is 5.82. The number of hydrogen-bond donors (Lipinski definition) is 1. The fourth-order valence-corrected chi connectivity index (χ4v) is 1.57. The van der Waals surface area contributed by atoms with Gasteiger partial charge in [-0.05, 0) is 12.8 Å². The summed E-state index contributed by atoms with van der Waals surface area (Å²) >= 11 is 0. The van der Waals surface area contributed by atoms with E-state index in [9.17, 15) is 4.79 Å². The molecule has 1 aliphatic rings. The zero-order chi connectivity index (χ0) is 9.19. The van der Waals surface area contributed by atoms with Gasteiger partial charge in [0.15, 0.2) is 0 Å². The SMILES string of the molecule is CCCC1C[C@@](N)(CC)C(=O)O1. The van der Waals surface area contributed by atoms with Crippen molar-refractivity contribution in [3.8, 4) is 0 Å². The molecule has 1 saturated heterocycles. The molecule has 0 aromatic rings. The normalized spacial score (nSPS) is 35.2. The van der Waals surface area contributed by atoms with E-state index in [0.717, 1.165) is 12.8 Å². The molecule has 0 aromatic carbocycles. The molecule has 1 fully saturated rings. The van der Waals surface area contributed by atoms with Crippen LogP contribution in [0.2, 0.25) is 0 Å². The van der Waals surface area contributed by atoms with Crippen molar-refractivity contribution in [1.82, 2.24) is 0 Å². The number of carbonyl (C=O) groups excluding carboxylic acids is 1. The molecule has 1 unspecified atom stereocenters. The van der Waals surface area contributed by atoms with Crippen molar-refractivity contribution in [1.29, 1.82) is 0 Å². The third-order valence-electron chi connectivity index (χ3n) is 2.51. The molecule has 2 atom stereocenters. The highest BCUT2D eigenvalue weighted by atomic mass is 16.6. The smallest absolute Gasteiger partial charge is 0.326 e. The molecule has 0 aromatic heterocycles. The third-order valence-corrected chi connectivity index (χ3v) is 2.51. The van der Waals surface area contributed by atoms with Crippen LogP contribution in [0.1, 0.15) is 39.5 Å². The summed E-state index contributed by atoms with van der Waals surface area (Å²) in [5.41, 5.74) is 5.15. The van der Waals surface area contributed by atoms with Crippen LogP contribution in [-0.4, -0.2) is 17.6 Å². The van der Waals surface area contributed by atoms with E-state index in [0.29, 0.717) is 12.8 Å². The Labute approximate surface area is 73.3 Å². The number of ether oxygens (including phenoxy) is 1. The molecular weight excluding hydrogens is 154 g/mol. The second kappa shape index (κ2) is 3.44. The van der Waals surface area contributed by atoms with Gasteiger partial charge < -0.3 is 10.5 Å². The van der Waals surface area contributed by atoms with E-state index in [1.165, 1.54) is 0 Å². The zero-order valence-electron chi connectivity index (χ0n) is 7.80. The summed E-state index contributed by atoms with van der Waals surface area (Å²) < 4.78 is 5.14. The third kappa shape index (κ3) is 1.61. The fraction of sp³-hybridized carbons (Fsp3) is 0.889. The van der Waals surface area contributed by atoms with E-state index < -0.39 is 5.54 Å². The van der Waals surface area contributed by atoms with Gasteiger partial charge in [0.05, 0.1) is 0 Å². The van der Waals surface area contributed by atoms with Crippen LogP contribution in [0.25, 0.3) is 0 Å². The molecule has 1 heterocycles. The minimum absolute atomic E-state index is 0.0625. The first-order valence-electron chi connectivity index (χ1n) is 4.62. The van der Waals surface area contributed by atoms with E-state index in [2.05, 4.69) is 6.92 Å².